The topological polar surface area (TPSA) is 247 Å². The first-order chi connectivity index (χ1) is 24.1. The van der Waals surface area contributed by atoms with E-state index in [2.05, 4.69) is 15.5 Å². The lowest BCUT2D eigenvalue weighted by Gasteiger charge is -2.29. The number of carboxylic acids is 2. The predicted octanol–water partition coefficient (Wildman–Crippen LogP) is 1.16. The Bertz CT molecular complexity index is 1610. The van der Waals surface area contributed by atoms with Crippen LogP contribution in [0.25, 0.3) is 0 Å². The Hall–Kier alpha value is -5.58. The molecule has 0 spiro atoms. The Morgan fingerprint density at radius 3 is 2.59 bits per heavy atom. The summed E-state index contributed by atoms with van der Waals surface area (Å²) in [5, 5.41) is 37.5. The predicted molar refractivity (Wildman–Crippen MR) is 179 cm³/mol. The molecule has 0 radical (unpaired) electrons. The van der Waals surface area contributed by atoms with Gasteiger partial charge in [0.2, 0.25) is 11.8 Å². The van der Waals surface area contributed by atoms with Crippen molar-refractivity contribution in [3.63, 3.8) is 0 Å². The molecule has 0 aromatic carbocycles. The highest BCUT2D eigenvalue weighted by Gasteiger charge is 2.36. The zero-order valence-corrected chi connectivity index (χ0v) is 28.7. The first-order valence-electron chi connectivity index (χ1n) is 16.2. The number of carbonyl (C=O) groups excluding carboxylic acids is 4. The van der Waals surface area contributed by atoms with Crippen molar-refractivity contribution >= 4 is 41.3 Å². The maximum atomic E-state index is 13.5. The van der Waals surface area contributed by atoms with E-state index in [0.717, 1.165) is 6.26 Å². The highest BCUT2D eigenvalue weighted by Crippen LogP contribution is 2.23. The van der Waals surface area contributed by atoms with Gasteiger partial charge in [-0.25, -0.2) is 14.6 Å². The summed E-state index contributed by atoms with van der Waals surface area (Å²) in [4.78, 5) is 84.3. The summed E-state index contributed by atoms with van der Waals surface area (Å²) in [5.74, 6) is -6.03. The Labute approximate surface area is 293 Å². The van der Waals surface area contributed by atoms with Crippen LogP contribution in [-0.4, -0.2) is 111 Å². The largest absolute Gasteiger partial charge is 0.481 e. The molecule has 5 unspecified atom stereocenters. The monoisotopic (exact) mass is 713 g/mol. The molecule has 2 aliphatic heterocycles. The summed E-state index contributed by atoms with van der Waals surface area (Å²) in [5.41, 5.74) is 0.628. The van der Waals surface area contributed by atoms with Gasteiger partial charge >= 0.3 is 17.9 Å². The molecule has 5 N–H and O–H groups in total. The summed E-state index contributed by atoms with van der Waals surface area (Å²) in [6.45, 7) is 6.80. The summed E-state index contributed by atoms with van der Waals surface area (Å²) < 4.78 is 11.4. The number of aliphatic hydroxyl groups excluding tert-OH is 1. The lowest BCUT2D eigenvalue weighted by atomic mass is 9.94. The molecule has 1 aromatic rings. The number of aromatic nitrogens is 1. The number of cyclic esters (lactones) is 1. The van der Waals surface area contributed by atoms with Gasteiger partial charge in [-0.15, -0.1) is 0 Å². The van der Waals surface area contributed by atoms with E-state index >= 15 is 0 Å². The van der Waals surface area contributed by atoms with Crippen LogP contribution >= 0.6 is 0 Å². The molecule has 0 aliphatic carbocycles. The number of oxime groups is 1. The molecule has 17 nitrogen and oxygen atoms in total. The molecule has 2 aliphatic rings. The maximum absolute atomic E-state index is 13.5. The van der Waals surface area contributed by atoms with Gasteiger partial charge in [-0.2, -0.15) is 0 Å². The van der Waals surface area contributed by atoms with E-state index < -0.39 is 67.0 Å². The summed E-state index contributed by atoms with van der Waals surface area (Å²) in [7, 11) is 0. The number of nitrogens with one attached hydrogen (secondary N) is 2. The van der Waals surface area contributed by atoms with Crippen LogP contribution in [-0.2, 0) is 40.0 Å². The number of nitrogens with zero attached hydrogens (tertiary/aromatic N) is 3. The smallest absolute Gasteiger partial charge is 0.333 e. The summed E-state index contributed by atoms with van der Waals surface area (Å²) in [6, 6.07) is -2.73. The number of allylic oxidation sites excluding steroid dienone is 2. The van der Waals surface area contributed by atoms with Crippen LogP contribution in [0.15, 0.2) is 63.9 Å². The molecule has 2 bridgehead atoms. The Balaban J connectivity index is 1.88. The first kappa shape index (κ1) is 39.9. The van der Waals surface area contributed by atoms with Gasteiger partial charge in [0, 0.05) is 25.4 Å². The number of oxazole rings is 1. The van der Waals surface area contributed by atoms with Gasteiger partial charge in [0.1, 0.15) is 24.5 Å². The van der Waals surface area contributed by atoms with E-state index in [1.54, 1.807) is 37.3 Å². The molecule has 0 saturated carbocycles. The second-order valence-corrected chi connectivity index (χ2v) is 12.3. The van der Waals surface area contributed by atoms with Crippen molar-refractivity contribution in [2.75, 3.05) is 19.7 Å². The van der Waals surface area contributed by atoms with Crippen molar-refractivity contribution in [2.24, 2.45) is 17.0 Å². The van der Waals surface area contributed by atoms with Crippen molar-refractivity contribution in [3.8, 4) is 0 Å². The van der Waals surface area contributed by atoms with Gasteiger partial charge in [-0.3, -0.25) is 19.2 Å². The Kier molecular flexibility index (Phi) is 14.8. The van der Waals surface area contributed by atoms with E-state index in [4.69, 9.17) is 24.2 Å². The van der Waals surface area contributed by atoms with E-state index in [1.807, 2.05) is 26.1 Å². The number of carboxylic acid groups (broad SMARTS) is 2. The summed E-state index contributed by atoms with van der Waals surface area (Å²) >= 11 is 0. The van der Waals surface area contributed by atoms with Crippen LogP contribution in [0.3, 0.4) is 0 Å². The third kappa shape index (κ3) is 12.7. The van der Waals surface area contributed by atoms with Crippen LogP contribution in [0.4, 0.5) is 0 Å². The number of amides is 3. The molecule has 276 valence electrons. The molecular weight excluding hydrogens is 670 g/mol. The minimum atomic E-state index is -1.70. The standard InChI is InChI=1S/C34H43N5O12/c1-19(2)31-21(4)9-10-27(41)35-11-5-7-20(3)13-23(40)14-22(38-50-18-28(42)36-24(33(46)47)16-30(43)44)15-29-37-25(17-49-29)32(45)39-12-6-8-26(39)34(48)51-31/h5-10,13,17,19,21,23-24,26,31,40H,11-12,14-16,18H2,1-4H3,(H,35,41)(H,36,42)(H,43,44)(H,46,47)/b7-5+,10-9+,20-13+,38-22+. The van der Waals surface area contributed by atoms with E-state index in [9.17, 15) is 33.9 Å². The molecule has 1 aromatic heterocycles. The number of fused-ring (bicyclic) bond motifs is 3. The Morgan fingerprint density at radius 1 is 1.16 bits per heavy atom. The lowest BCUT2D eigenvalue weighted by molar-refractivity contribution is -0.156. The molecule has 0 fully saturated rings. The molecule has 17 heteroatoms. The molecule has 5 atom stereocenters. The van der Waals surface area contributed by atoms with E-state index in [-0.39, 0.29) is 61.0 Å². The highest BCUT2D eigenvalue weighted by atomic mass is 16.6. The van der Waals surface area contributed by atoms with Gasteiger partial charge in [0.25, 0.3) is 11.8 Å². The van der Waals surface area contributed by atoms with E-state index in [0.29, 0.717) is 5.57 Å². The van der Waals surface area contributed by atoms with Crippen LogP contribution < -0.4 is 10.6 Å². The maximum Gasteiger partial charge on any atom is 0.333 e. The quantitative estimate of drug-likeness (QED) is 0.144. The number of ether oxygens (including phenoxy) is 1. The van der Waals surface area contributed by atoms with Crippen LogP contribution in [0, 0.1) is 11.8 Å². The number of aliphatic carboxylic acids is 2. The fourth-order valence-corrected chi connectivity index (χ4v) is 5.21. The van der Waals surface area contributed by atoms with Gasteiger partial charge in [0.05, 0.1) is 24.7 Å². The van der Waals surface area contributed by atoms with Crippen LogP contribution in [0.5, 0.6) is 0 Å². The van der Waals surface area contributed by atoms with Gasteiger partial charge in [0.15, 0.2) is 12.3 Å². The van der Waals surface area contributed by atoms with Gasteiger partial charge in [-0.1, -0.05) is 68.0 Å². The first-order valence-corrected chi connectivity index (χ1v) is 16.2. The number of hydrogen-bond acceptors (Lipinski definition) is 12. The zero-order chi connectivity index (χ0) is 37.7. The number of rotatable bonds is 8. The Morgan fingerprint density at radius 2 is 1.90 bits per heavy atom. The number of esters is 1. The molecule has 3 heterocycles. The average molecular weight is 714 g/mol. The zero-order valence-electron chi connectivity index (χ0n) is 28.7. The van der Waals surface area contributed by atoms with Crippen molar-refractivity contribution < 1.29 is 58.1 Å². The van der Waals surface area contributed by atoms with E-state index in [1.165, 1.54) is 17.1 Å². The highest BCUT2D eigenvalue weighted by molar-refractivity contribution is 5.96. The molecular formula is C34H43N5O12. The van der Waals surface area contributed by atoms with Crippen LogP contribution in [0.1, 0.15) is 56.9 Å². The van der Waals surface area contributed by atoms with Crippen molar-refractivity contribution in [3.05, 3.63) is 66.0 Å². The molecule has 3 rings (SSSR count). The van der Waals surface area contributed by atoms with Crippen LogP contribution in [0.2, 0.25) is 0 Å². The van der Waals surface area contributed by atoms with Crippen molar-refractivity contribution in [1.82, 2.24) is 20.5 Å². The minimum Gasteiger partial charge on any atom is -0.481 e. The van der Waals surface area contributed by atoms with Gasteiger partial charge < -0.3 is 44.8 Å². The second kappa shape index (κ2) is 19.0. The SMILES string of the molecule is CC1=C\C(O)C/C(=N\OCC(=O)NC(CC(=O)O)C(=O)O)Cc2nc(co2)C(=O)N2CC=CC2C(=O)OC(C(C)C)C(C)/C=C/C(=O)NC\C=C\1. The van der Waals surface area contributed by atoms with Crippen molar-refractivity contribution in [2.45, 2.75) is 71.2 Å². The van der Waals surface area contributed by atoms with Gasteiger partial charge in [-0.05, 0) is 18.9 Å². The summed E-state index contributed by atoms with van der Waals surface area (Å²) in [6.07, 6.45) is 9.26. The fraction of sp³-hybridized carbons (Fsp3) is 0.471. The molecule has 0 saturated heterocycles. The molecule has 3 amide bonds. The number of carbonyl (C=O) groups is 6. The third-order valence-electron chi connectivity index (χ3n) is 7.64. The third-order valence-corrected chi connectivity index (χ3v) is 7.64. The number of hydrogen-bond donors (Lipinski definition) is 5. The minimum absolute atomic E-state index is 0.00810. The lowest BCUT2D eigenvalue weighted by Crippen LogP contribution is -2.44. The number of aliphatic hydroxyl groups is 1. The fourth-order valence-electron chi connectivity index (χ4n) is 5.21. The molecule has 51 heavy (non-hydrogen) atoms. The van der Waals surface area contributed by atoms with Crippen molar-refractivity contribution in [1.29, 1.82) is 0 Å². The normalized spacial score (nSPS) is 25.9. The average Bonchev–Trinajstić information content (AvgIpc) is 3.73. The second-order valence-electron chi connectivity index (χ2n) is 12.3.